The van der Waals surface area contributed by atoms with Gasteiger partial charge in [0.2, 0.25) is 5.75 Å². The van der Waals surface area contributed by atoms with E-state index in [0.717, 1.165) is 16.2 Å². The van der Waals surface area contributed by atoms with Crippen LogP contribution < -0.4 is 19.5 Å². The van der Waals surface area contributed by atoms with Crippen LogP contribution in [0.3, 0.4) is 0 Å². The molecule has 2 aromatic carbocycles. The van der Waals surface area contributed by atoms with Gasteiger partial charge in [0.15, 0.2) is 17.3 Å². The lowest BCUT2D eigenvalue weighted by Gasteiger charge is -2.12. The topological polar surface area (TPSA) is 56.8 Å². The van der Waals surface area contributed by atoms with Crippen LogP contribution in [0.5, 0.6) is 17.2 Å². The van der Waals surface area contributed by atoms with Gasteiger partial charge in [-0.05, 0) is 35.6 Å². The highest BCUT2D eigenvalue weighted by Crippen LogP contribution is 2.38. The van der Waals surface area contributed by atoms with Gasteiger partial charge < -0.3 is 19.5 Å². The SMILES string of the molecule is COc1cc(/C=C/C(=O)/C=C(\NCc2ccccc2)SC)cc(OC)c1OC. The third kappa shape index (κ3) is 6.09. The maximum absolute atomic E-state index is 12.3. The van der Waals surface area contributed by atoms with Gasteiger partial charge in [0.1, 0.15) is 0 Å². The van der Waals surface area contributed by atoms with Crippen LogP contribution in [-0.2, 0) is 11.3 Å². The van der Waals surface area contributed by atoms with Crippen molar-refractivity contribution in [3.63, 3.8) is 0 Å². The summed E-state index contributed by atoms with van der Waals surface area (Å²) in [5.74, 6) is 1.49. The van der Waals surface area contributed by atoms with Crippen molar-refractivity contribution in [1.82, 2.24) is 5.32 Å². The van der Waals surface area contributed by atoms with E-state index in [1.165, 1.54) is 17.8 Å². The molecule has 0 saturated carbocycles. The summed E-state index contributed by atoms with van der Waals surface area (Å²) in [6, 6.07) is 13.6. The Balaban J connectivity index is 2.09. The van der Waals surface area contributed by atoms with Crippen LogP contribution in [0.1, 0.15) is 11.1 Å². The molecule has 0 saturated heterocycles. The Kier molecular flexibility index (Phi) is 8.49. The number of ketones is 1. The van der Waals surface area contributed by atoms with Gasteiger partial charge in [-0.3, -0.25) is 4.79 Å². The highest BCUT2D eigenvalue weighted by Gasteiger charge is 2.12. The molecule has 0 radical (unpaired) electrons. The number of carbonyl (C=O) groups is 1. The van der Waals surface area contributed by atoms with Crippen molar-refractivity contribution in [2.24, 2.45) is 0 Å². The average Bonchev–Trinajstić information content (AvgIpc) is 2.74. The van der Waals surface area contributed by atoms with E-state index in [4.69, 9.17) is 14.2 Å². The minimum Gasteiger partial charge on any atom is -0.493 e. The molecule has 5 nitrogen and oxygen atoms in total. The van der Waals surface area contributed by atoms with Gasteiger partial charge in [-0.2, -0.15) is 0 Å². The van der Waals surface area contributed by atoms with Crippen molar-refractivity contribution in [3.8, 4) is 17.2 Å². The lowest BCUT2D eigenvalue weighted by atomic mass is 10.1. The molecule has 2 rings (SSSR count). The summed E-state index contributed by atoms with van der Waals surface area (Å²) in [4.78, 5) is 12.3. The Morgan fingerprint density at radius 3 is 2.21 bits per heavy atom. The average molecular weight is 400 g/mol. The lowest BCUT2D eigenvalue weighted by Crippen LogP contribution is -2.11. The Labute approximate surface area is 170 Å². The van der Waals surface area contributed by atoms with Gasteiger partial charge in [-0.15, -0.1) is 11.8 Å². The second kappa shape index (κ2) is 11.1. The fourth-order valence-electron chi connectivity index (χ4n) is 2.52. The number of nitrogens with one attached hydrogen (secondary N) is 1. The molecule has 0 spiro atoms. The van der Waals surface area contributed by atoms with E-state index in [-0.39, 0.29) is 5.78 Å². The van der Waals surface area contributed by atoms with Crippen LogP contribution >= 0.6 is 11.8 Å². The van der Waals surface area contributed by atoms with E-state index >= 15 is 0 Å². The maximum atomic E-state index is 12.3. The number of thioether (sulfide) groups is 1. The third-order valence-corrected chi connectivity index (χ3v) is 4.63. The van der Waals surface area contributed by atoms with Crippen molar-refractivity contribution in [2.45, 2.75) is 6.54 Å². The van der Waals surface area contributed by atoms with E-state index in [9.17, 15) is 4.79 Å². The number of rotatable bonds is 10. The lowest BCUT2D eigenvalue weighted by molar-refractivity contribution is -0.110. The molecule has 0 amide bonds. The van der Waals surface area contributed by atoms with Gasteiger partial charge >= 0.3 is 0 Å². The smallest absolute Gasteiger partial charge is 0.203 e. The number of hydrogen-bond donors (Lipinski definition) is 1. The van der Waals surface area contributed by atoms with Crippen LogP contribution in [0, 0.1) is 0 Å². The van der Waals surface area contributed by atoms with Crippen LogP contribution in [0.15, 0.2) is 59.6 Å². The first-order valence-corrected chi connectivity index (χ1v) is 9.89. The molecule has 0 bridgehead atoms. The molecule has 0 aliphatic heterocycles. The fourth-order valence-corrected chi connectivity index (χ4v) is 2.97. The highest BCUT2D eigenvalue weighted by molar-refractivity contribution is 8.02. The number of allylic oxidation sites excluding steroid dienone is 2. The fraction of sp³-hybridized carbons (Fsp3) is 0.227. The molecule has 6 heteroatoms. The van der Waals surface area contributed by atoms with E-state index in [0.29, 0.717) is 23.8 Å². The van der Waals surface area contributed by atoms with Crippen LogP contribution in [0.25, 0.3) is 6.08 Å². The molecule has 0 aliphatic rings. The van der Waals surface area contributed by atoms with Gasteiger partial charge in [0, 0.05) is 12.6 Å². The predicted octanol–water partition coefficient (Wildman–Crippen LogP) is 4.29. The summed E-state index contributed by atoms with van der Waals surface area (Å²) >= 11 is 1.49. The van der Waals surface area contributed by atoms with Crippen LogP contribution in [-0.4, -0.2) is 33.4 Å². The summed E-state index contributed by atoms with van der Waals surface area (Å²) in [6.45, 7) is 0.664. The summed E-state index contributed by atoms with van der Waals surface area (Å²) in [5, 5.41) is 4.09. The standard InChI is InChI=1S/C22H25NO4S/c1-25-19-12-17(13-20(26-2)22(19)27-3)10-11-18(24)14-21(28-4)23-15-16-8-6-5-7-9-16/h5-14,23H,15H2,1-4H3/b11-10+,21-14+. The normalized spacial score (nSPS) is 11.4. The molecule has 0 atom stereocenters. The maximum Gasteiger partial charge on any atom is 0.203 e. The zero-order chi connectivity index (χ0) is 20.4. The van der Waals surface area contributed by atoms with Gasteiger partial charge in [0.25, 0.3) is 0 Å². The number of benzene rings is 2. The minimum absolute atomic E-state index is 0.112. The Hall–Kier alpha value is -2.86. The minimum atomic E-state index is -0.112. The first kappa shape index (κ1) is 21.4. The number of methoxy groups -OCH3 is 3. The molecule has 0 aromatic heterocycles. The van der Waals surface area contributed by atoms with E-state index in [2.05, 4.69) is 5.32 Å². The molecule has 2 aromatic rings. The summed E-state index contributed by atoms with van der Waals surface area (Å²) < 4.78 is 16.0. The molecule has 28 heavy (non-hydrogen) atoms. The number of ether oxygens (including phenoxy) is 3. The molecule has 0 fully saturated rings. The Morgan fingerprint density at radius 2 is 1.68 bits per heavy atom. The monoisotopic (exact) mass is 399 g/mol. The van der Waals surface area contributed by atoms with Crippen molar-refractivity contribution in [1.29, 1.82) is 0 Å². The molecule has 0 heterocycles. The number of hydrogen-bond acceptors (Lipinski definition) is 6. The quantitative estimate of drug-likeness (QED) is 0.602. The first-order chi connectivity index (χ1) is 13.6. The van der Waals surface area contributed by atoms with Crippen LogP contribution in [0.4, 0.5) is 0 Å². The van der Waals surface area contributed by atoms with Crippen molar-refractivity contribution in [3.05, 3.63) is 70.8 Å². The Morgan fingerprint density at radius 1 is 1.04 bits per heavy atom. The highest BCUT2D eigenvalue weighted by atomic mass is 32.2. The van der Waals surface area contributed by atoms with Gasteiger partial charge in [-0.1, -0.05) is 36.4 Å². The third-order valence-electron chi connectivity index (χ3n) is 3.93. The predicted molar refractivity (Wildman–Crippen MR) is 115 cm³/mol. The molecule has 148 valence electrons. The molecular weight excluding hydrogens is 374 g/mol. The van der Waals surface area contributed by atoms with Crippen molar-refractivity contribution >= 4 is 23.6 Å². The second-order valence-electron chi connectivity index (χ2n) is 5.75. The summed E-state index contributed by atoms with van der Waals surface area (Å²) in [5.41, 5.74) is 1.93. The van der Waals surface area contributed by atoms with E-state index in [1.54, 1.807) is 45.6 Å². The molecular formula is C22H25NO4S. The van der Waals surface area contributed by atoms with Gasteiger partial charge in [0.05, 0.1) is 26.4 Å². The molecule has 1 N–H and O–H groups in total. The van der Waals surface area contributed by atoms with Crippen molar-refractivity contribution in [2.75, 3.05) is 27.6 Å². The zero-order valence-corrected chi connectivity index (χ0v) is 17.3. The number of carbonyl (C=O) groups excluding carboxylic acids is 1. The van der Waals surface area contributed by atoms with Crippen molar-refractivity contribution < 1.29 is 19.0 Å². The Bertz CT molecular complexity index is 822. The second-order valence-corrected chi connectivity index (χ2v) is 6.59. The van der Waals surface area contributed by atoms with Gasteiger partial charge in [-0.25, -0.2) is 0 Å². The van der Waals surface area contributed by atoms with E-state index < -0.39 is 0 Å². The first-order valence-electron chi connectivity index (χ1n) is 8.66. The zero-order valence-electron chi connectivity index (χ0n) is 16.5. The van der Waals surface area contributed by atoms with E-state index in [1.807, 2.05) is 36.6 Å². The largest absolute Gasteiger partial charge is 0.493 e. The summed E-state index contributed by atoms with van der Waals surface area (Å²) in [7, 11) is 4.67. The molecule has 0 aliphatic carbocycles. The summed E-state index contributed by atoms with van der Waals surface area (Å²) in [6.07, 6.45) is 6.75. The van der Waals surface area contributed by atoms with Crippen LogP contribution in [0.2, 0.25) is 0 Å². The molecule has 0 unspecified atom stereocenters.